The van der Waals surface area contributed by atoms with Gasteiger partial charge in [0.05, 0.1) is 37.3 Å². The molecular formula is C29H43N2O3+. The van der Waals surface area contributed by atoms with Crippen molar-refractivity contribution >= 4 is 5.91 Å². The molecule has 1 aliphatic heterocycles. The zero-order valence-corrected chi connectivity index (χ0v) is 21.7. The van der Waals surface area contributed by atoms with E-state index in [4.69, 9.17) is 10.5 Å². The van der Waals surface area contributed by atoms with Crippen molar-refractivity contribution in [1.82, 2.24) is 0 Å². The second kappa shape index (κ2) is 6.79. The highest BCUT2D eigenvalue weighted by atomic mass is 16.5. The summed E-state index contributed by atoms with van der Waals surface area (Å²) in [5.41, 5.74) is 8.22. The highest BCUT2D eigenvalue weighted by Gasteiger charge is 2.77. The molecule has 1 heterocycles. The normalized spacial score (nSPS) is 42.7. The van der Waals surface area contributed by atoms with Crippen LogP contribution in [0.3, 0.4) is 0 Å². The van der Waals surface area contributed by atoms with E-state index in [2.05, 4.69) is 33.9 Å². The lowest BCUT2D eigenvalue weighted by molar-refractivity contribution is -0.952. The molecule has 4 saturated carbocycles. The van der Waals surface area contributed by atoms with Crippen LogP contribution in [-0.4, -0.2) is 54.4 Å². The van der Waals surface area contributed by atoms with E-state index in [0.717, 1.165) is 56.6 Å². The fourth-order valence-electron chi connectivity index (χ4n) is 9.89. The van der Waals surface area contributed by atoms with E-state index >= 15 is 0 Å². The van der Waals surface area contributed by atoms with Gasteiger partial charge in [-0.15, -0.1) is 0 Å². The fourth-order valence-corrected chi connectivity index (χ4v) is 9.89. The van der Waals surface area contributed by atoms with Crippen LogP contribution in [0.2, 0.25) is 0 Å². The standard InChI is InChI=1S/C29H42N2O3/c1-26(2,3)21-15-27-10-11-29(21,34-5)17-28(27)12-13-31(4,16-18-6-7-18)22(27)14-19-8-9-20(25(30)33)24(32)23(19)28/h8-9,18,21-22H,6-7,10-17H2,1-5H3,(H2-,30,32,33)/p+1/t21-,22-,27-,28-,29+,31-/m1/s1. The first kappa shape index (κ1) is 22.8. The number of primary amides is 1. The average molecular weight is 468 g/mol. The number of likely N-dealkylation sites (tertiary alicyclic amines) is 1. The highest BCUT2D eigenvalue weighted by molar-refractivity contribution is 5.96. The number of carbonyl (C=O) groups is 1. The zero-order valence-electron chi connectivity index (χ0n) is 21.7. The van der Waals surface area contributed by atoms with Gasteiger partial charge in [-0.3, -0.25) is 4.79 Å². The van der Waals surface area contributed by atoms with Crippen LogP contribution in [0, 0.1) is 22.7 Å². The van der Waals surface area contributed by atoms with Crippen molar-refractivity contribution in [3.63, 3.8) is 0 Å². The quantitative estimate of drug-likeness (QED) is 0.639. The predicted octanol–water partition coefficient (Wildman–Crippen LogP) is 4.54. The van der Waals surface area contributed by atoms with Gasteiger partial charge in [0.1, 0.15) is 5.75 Å². The molecule has 4 bridgehead atoms. The number of benzene rings is 1. The van der Waals surface area contributed by atoms with Crippen molar-refractivity contribution < 1.29 is 19.1 Å². The number of carbonyl (C=O) groups excluding carboxylic acids is 1. The van der Waals surface area contributed by atoms with Gasteiger partial charge in [-0.2, -0.15) is 0 Å². The number of ether oxygens (including phenoxy) is 1. The van der Waals surface area contributed by atoms with E-state index in [-0.39, 0.29) is 33.2 Å². The van der Waals surface area contributed by atoms with Gasteiger partial charge in [-0.25, -0.2) is 0 Å². The van der Waals surface area contributed by atoms with Crippen LogP contribution in [0.15, 0.2) is 12.1 Å². The van der Waals surface area contributed by atoms with Gasteiger partial charge < -0.3 is 20.1 Å². The molecule has 34 heavy (non-hydrogen) atoms. The first-order valence-corrected chi connectivity index (χ1v) is 13.5. The first-order valence-electron chi connectivity index (χ1n) is 13.5. The summed E-state index contributed by atoms with van der Waals surface area (Å²) in [4.78, 5) is 12.3. The van der Waals surface area contributed by atoms with Gasteiger partial charge in [-0.05, 0) is 61.5 Å². The van der Waals surface area contributed by atoms with Gasteiger partial charge in [0.15, 0.2) is 0 Å². The van der Waals surface area contributed by atoms with Crippen molar-refractivity contribution in [3.8, 4) is 5.75 Å². The molecule has 5 heteroatoms. The van der Waals surface area contributed by atoms with Gasteiger partial charge in [-0.1, -0.05) is 26.8 Å². The van der Waals surface area contributed by atoms with Crippen LogP contribution in [0.1, 0.15) is 87.2 Å². The molecule has 186 valence electrons. The lowest BCUT2D eigenvalue weighted by Gasteiger charge is -2.75. The van der Waals surface area contributed by atoms with Crippen LogP contribution in [0.4, 0.5) is 0 Å². The summed E-state index contributed by atoms with van der Waals surface area (Å²) >= 11 is 0. The number of likely N-dealkylation sites (N-methyl/N-ethyl adjacent to an activating group) is 1. The Morgan fingerprint density at radius 2 is 1.97 bits per heavy atom. The molecule has 7 rings (SSSR count). The summed E-state index contributed by atoms with van der Waals surface area (Å²) in [7, 11) is 4.44. The average Bonchev–Trinajstić information content (AvgIpc) is 3.58. The van der Waals surface area contributed by atoms with Crippen LogP contribution in [0.5, 0.6) is 5.75 Å². The minimum absolute atomic E-state index is 0.119. The fraction of sp³-hybridized carbons (Fsp3) is 0.759. The van der Waals surface area contributed by atoms with Crippen molar-refractivity contribution in [1.29, 1.82) is 0 Å². The largest absolute Gasteiger partial charge is 0.507 e. The van der Waals surface area contributed by atoms with Crippen molar-refractivity contribution in [2.24, 2.45) is 28.4 Å². The molecule has 5 aliphatic carbocycles. The maximum atomic E-state index is 12.3. The number of phenols is 1. The Hall–Kier alpha value is -1.59. The van der Waals surface area contributed by atoms with Crippen molar-refractivity contribution in [3.05, 3.63) is 28.8 Å². The second-order valence-electron chi connectivity index (χ2n) is 14.0. The number of methoxy groups -OCH3 is 1. The Morgan fingerprint density at radius 1 is 1.24 bits per heavy atom. The summed E-state index contributed by atoms with van der Waals surface area (Å²) in [6.07, 6.45) is 9.15. The lowest BCUT2D eigenvalue weighted by atomic mass is 9.33. The Kier molecular flexibility index (Phi) is 4.56. The summed E-state index contributed by atoms with van der Waals surface area (Å²) in [6.45, 7) is 9.59. The molecule has 1 spiro atoms. The number of hydrogen-bond acceptors (Lipinski definition) is 3. The molecule has 1 aromatic rings. The maximum absolute atomic E-state index is 12.3. The summed E-state index contributed by atoms with van der Waals surface area (Å²) < 4.78 is 7.69. The molecule has 6 atom stereocenters. The Morgan fingerprint density at radius 3 is 2.59 bits per heavy atom. The van der Waals surface area contributed by atoms with E-state index in [1.165, 1.54) is 29.4 Å². The summed E-state index contributed by atoms with van der Waals surface area (Å²) in [5.74, 6) is 0.981. The number of aromatic hydroxyl groups is 1. The van der Waals surface area contributed by atoms with Crippen LogP contribution in [0.25, 0.3) is 0 Å². The van der Waals surface area contributed by atoms with Gasteiger partial charge in [0, 0.05) is 42.3 Å². The molecular weight excluding hydrogens is 424 g/mol. The van der Waals surface area contributed by atoms with Crippen LogP contribution >= 0.6 is 0 Å². The molecule has 0 unspecified atom stereocenters. The zero-order chi connectivity index (χ0) is 24.3. The molecule has 1 amide bonds. The summed E-state index contributed by atoms with van der Waals surface area (Å²) in [5, 5.41) is 11.6. The Balaban J connectivity index is 1.60. The second-order valence-corrected chi connectivity index (χ2v) is 14.0. The molecule has 1 saturated heterocycles. The van der Waals surface area contributed by atoms with Gasteiger partial charge >= 0.3 is 0 Å². The summed E-state index contributed by atoms with van der Waals surface area (Å²) in [6, 6.07) is 4.41. The highest BCUT2D eigenvalue weighted by Crippen LogP contribution is 2.75. The van der Waals surface area contributed by atoms with E-state index in [1.807, 2.05) is 7.11 Å². The van der Waals surface area contributed by atoms with E-state index in [1.54, 1.807) is 6.07 Å². The minimum atomic E-state index is -0.534. The van der Waals surface area contributed by atoms with E-state index in [9.17, 15) is 9.90 Å². The number of piperidine rings is 1. The van der Waals surface area contributed by atoms with Crippen molar-refractivity contribution in [2.45, 2.75) is 89.2 Å². The van der Waals surface area contributed by atoms with Crippen LogP contribution in [-0.2, 0) is 16.6 Å². The van der Waals surface area contributed by atoms with Crippen LogP contribution < -0.4 is 5.73 Å². The predicted molar refractivity (Wildman–Crippen MR) is 133 cm³/mol. The minimum Gasteiger partial charge on any atom is -0.507 e. The first-order chi connectivity index (χ1) is 15.9. The molecule has 0 aromatic heterocycles. The molecule has 3 N–H and O–H groups in total. The molecule has 5 fully saturated rings. The molecule has 5 nitrogen and oxygen atoms in total. The monoisotopic (exact) mass is 467 g/mol. The number of amides is 1. The SMILES string of the molecule is CO[C@]12CC[C@@]3(C[C@@H]1C(C)(C)C)[C@H]1Cc4ccc(C(N)=O)c(O)c4[C@@]3(CC[N@+]1(C)CC1CC1)C2. The van der Waals surface area contributed by atoms with Gasteiger partial charge in [0.25, 0.3) is 5.91 Å². The van der Waals surface area contributed by atoms with E-state index < -0.39 is 5.91 Å². The third-order valence-corrected chi connectivity index (χ3v) is 11.4. The van der Waals surface area contributed by atoms with Crippen molar-refractivity contribution in [2.75, 3.05) is 27.2 Å². The molecule has 6 aliphatic rings. The molecule has 0 radical (unpaired) electrons. The number of fused-ring (bicyclic) bond motifs is 3. The maximum Gasteiger partial charge on any atom is 0.252 e. The number of nitrogens with zero attached hydrogens (tertiary/aromatic N) is 1. The Labute approximate surface area is 204 Å². The number of nitrogens with two attached hydrogens (primary N) is 1. The third-order valence-electron chi connectivity index (χ3n) is 11.4. The van der Waals surface area contributed by atoms with Gasteiger partial charge in [0.2, 0.25) is 0 Å². The topological polar surface area (TPSA) is 72.5 Å². The number of rotatable bonds is 4. The van der Waals surface area contributed by atoms with E-state index in [0.29, 0.717) is 12.0 Å². The number of quaternary nitrogens is 1. The Bertz CT molecular complexity index is 1060. The smallest absolute Gasteiger partial charge is 0.252 e. The molecule has 1 aromatic carbocycles. The lowest BCUT2D eigenvalue weighted by Crippen LogP contribution is -2.80. The third kappa shape index (κ3) is 2.72. The number of hydrogen-bond donors (Lipinski definition) is 2.